The Morgan fingerprint density at radius 2 is 1.95 bits per heavy atom. The largest absolute Gasteiger partial charge is 0.478 e. The fourth-order valence-electron chi connectivity index (χ4n) is 1.39. The highest BCUT2D eigenvalue weighted by molar-refractivity contribution is 6.28. The minimum Gasteiger partial charge on any atom is -0.478 e. The summed E-state index contributed by atoms with van der Waals surface area (Å²) in [6.45, 7) is 1.76. The van der Waals surface area contributed by atoms with Gasteiger partial charge in [0, 0.05) is 0 Å². The van der Waals surface area contributed by atoms with E-state index in [1.54, 1.807) is 13.0 Å². The maximum Gasteiger partial charge on any atom is 0.335 e. The van der Waals surface area contributed by atoms with Gasteiger partial charge in [-0.2, -0.15) is 9.97 Å². The first-order valence-electron chi connectivity index (χ1n) is 5.47. The third-order valence-corrected chi connectivity index (χ3v) is 2.56. The van der Waals surface area contributed by atoms with Gasteiger partial charge in [-0.1, -0.05) is 6.07 Å². The van der Waals surface area contributed by atoms with Crippen molar-refractivity contribution in [2.75, 3.05) is 7.11 Å². The Morgan fingerprint density at radius 1 is 1.25 bits per heavy atom. The molecule has 0 fully saturated rings. The van der Waals surface area contributed by atoms with Gasteiger partial charge in [-0.3, -0.25) is 0 Å². The van der Waals surface area contributed by atoms with Gasteiger partial charge >= 0.3 is 18.0 Å². The predicted octanol–water partition coefficient (Wildman–Crippen LogP) is 2.33. The topological polar surface area (TPSA) is 94.4 Å². The molecule has 1 aromatic heterocycles. The zero-order valence-electron chi connectivity index (χ0n) is 10.6. The van der Waals surface area contributed by atoms with Gasteiger partial charge in [0.25, 0.3) is 0 Å². The van der Waals surface area contributed by atoms with Crippen LogP contribution in [0, 0.1) is 6.92 Å². The van der Waals surface area contributed by atoms with Crippen molar-refractivity contribution < 1.29 is 19.4 Å². The van der Waals surface area contributed by atoms with Crippen LogP contribution in [0.2, 0.25) is 5.28 Å². The molecule has 0 saturated heterocycles. The first-order valence-corrected chi connectivity index (χ1v) is 5.84. The monoisotopic (exact) mass is 295 g/mol. The molecule has 1 N–H and O–H groups in total. The summed E-state index contributed by atoms with van der Waals surface area (Å²) < 4.78 is 10.3. The Kier molecular flexibility index (Phi) is 3.99. The quantitative estimate of drug-likeness (QED) is 0.925. The Bertz CT molecular complexity index is 663. The van der Waals surface area contributed by atoms with Gasteiger partial charge in [-0.05, 0) is 36.2 Å². The number of carboxylic acid groups (broad SMARTS) is 1. The summed E-state index contributed by atoms with van der Waals surface area (Å²) in [5.74, 6) is -0.740. The van der Waals surface area contributed by atoms with Gasteiger partial charge < -0.3 is 14.6 Å². The number of ether oxygens (including phenoxy) is 2. The van der Waals surface area contributed by atoms with Gasteiger partial charge in [-0.15, -0.1) is 4.98 Å². The van der Waals surface area contributed by atoms with Crippen LogP contribution in [0.1, 0.15) is 15.9 Å². The minimum atomic E-state index is -1.05. The lowest BCUT2D eigenvalue weighted by Gasteiger charge is -2.08. The molecule has 2 rings (SSSR count). The highest BCUT2D eigenvalue weighted by atomic mass is 35.5. The molecule has 0 aliphatic heterocycles. The van der Waals surface area contributed by atoms with Gasteiger partial charge in [0.05, 0.1) is 12.7 Å². The molecule has 0 saturated carbocycles. The molecule has 0 spiro atoms. The zero-order chi connectivity index (χ0) is 14.7. The summed E-state index contributed by atoms with van der Waals surface area (Å²) in [5.41, 5.74) is 0.822. The lowest BCUT2D eigenvalue weighted by molar-refractivity contribution is 0.0696. The van der Waals surface area contributed by atoms with Crippen molar-refractivity contribution in [1.82, 2.24) is 15.0 Å². The standard InChI is InChI=1S/C12H10ClN3O4/c1-6-3-4-7(9(17)18)5-8(6)20-12-15-10(13)14-11(16-12)19-2/h3-5H,1-2H3,(H,17,18). The van der Waals surface area contributed by atoms with Crippen molar-refractivity contribution >= 4 is 17.6 Å². The Hall–Kier alpha value is -2.41. The number of nitrogens with zero attached hydrogens (tertiary/aromatic N) is 3. The number of hydrogen-bond acceptors (Lipinski definition) is 6. The molecule has 0 aliphatic carbocycles. The van der Waals surface area contributed by atoms with Crippen LogP contribution >= 0.6 is 11.6 Å². The van der Waals surface area contributed by atoms with Crippen LogP contribution in [-0.2, 0) is 0 Å². The van der Waals surface area contributed by atoms with E-state index in [0.717, 1.165) is 5.56 Å². The third kappa shape index (κ3) is 3.12. The number of carbonyl (C=O) groups is 1. The fourth-order valence-corrected chi connectivity index (χ4v) is 1.54. The van der Waals surface area contributed by atoms with Crippen LogP contribution in [0.15, 0.2) is 18.2 Å². The van der Waals surface area contributed by atoms with Crippen molar-refractivity contribution in [2.24, 2.45) is 0 Å². The average Bonchev–Trinajstić information content (AvgIpc) is 2.40. The van der Waals surface area contributed by atoms with E-state index in [9.17, 15) is 4.79 Å². The van der Waals surface area contributed by atoms with Crippen molar-refractivity contribution in [1.29, 1.82) is 0 Å². The maximum atomic E-state index is 10.9. The first kappa shape index (κ1) is 14.0. The average molecular weight is 296 g/mol. The van der Waals surface area contributed by atoms with Gasteiger partial charge in [-0.25, -0.2) is 4.79 Å². The van der Waals surface area contributed by atoms with Gasteiger partial charge in [0.1, 0.15) is 5.75 Å². The van der Waals surface area contributed by atoms with E-state index in [2.05, 4.69) is 15.0 Å². The molecule has 20 heavy (non-hydrogen) atoms. The van der Waals surface area contributed by atoms with E-state index in [0.29, 0.717) is 5.75 Å². The van der Waals surface area contributed by atoms with E-state index in [4.69, 9.17) is 26.2 Å². The van der Waals surface area contributed by atoms with Crippen LogP contribution in [-0.4, -0.2) is 33.1 Å². The van der Waals surface area contributed by atoms with Crippen molar-refractivity contribution in [3.63, 3.8) is 0 Å². The Balaban J connectivity index is 2.36. The smallest absolute Gasteiger partial charge is 0.335 e. The second kappa shape index (κ2) is 5.70. The van der Waals surface area contributed by atoms with Crippen LogP contribution in [0.3, 0.4) is 0 Å². The molecule has 0 atom stereocenters. The Morgan fingerprint density at radius 3 is 2.60 bits per heavy atom. The number of aromatic nitrogens is 3. The lowest BCUT2D eigenvalue weighted by Crippen LogP contribution is -2.01. The number of carboxylic acids is 1. The van der Waals surface area contributed by atoms with Gasteiger partial charge in [0.2, 0.25) is 5.28 Å². The minimum absolute atomic E-state index is 0.00652. The number of methoxy groups -OCH3 is 1. The van der Waals surface area contributed by atoms with E-state index in [1.807, 2.05) is 0 Å². The molecule has 1 aromatic carbocycles. The number of halogens is 1. The molecule has 0 amide bonds. The SMILES string of the molecule is COc1nc(Cl)nc(Oc2cc(C(=O)O)ccc2C)n1. The maximum absolute atomic E-state index is 10.9. The molecule has 104 valence electrons. The second-order valence-electron chi connectivity index (χ2n) is 3.76. The summed E-state index contributed by atoms with van der Waals surface area (Å²) in [7, 11) is 1.38. The summed E-state index contributed by atoms with van der Waals surface area (Å²) in [5, 5.41) is 8.87. The highest BCUT2D eigenvalue weighted by Gasteiger charge is 2.11. The van der Waals surface area contributed by atoms with Crippen LogP contribution < -0.4 is 9.47 Å². The van der Waals surface area contributed by atoms with Gasteiger partial charge in [0.15, 0.2) is 0 Å². The normalized spacial score (nSPS) is 10.2. The van der Waals surface area contributed by atoms with Crippen LogP contribution in [0.5, 0.6) is 17.8 Å². The molecular weight excluding hydrogens is 286 g/mol. The van der Waals surface area contributed by atoms with E-state index < -0.39 is 5.97 Å². The van der Waals surface area contributed by atoms with Crippen molar-refractivity contribution in [3.05, 3.63) is 34.6 Å². The molecular formula is C12H10ClN3O4. The van der Waals surface area contributed by atoms with E-state index in [1.165, 1.54) is 19.2 Å². The summed E-state index contributed by atoms with van der Waals surface area (Å²) in [6.07, 6.45) is 0. The zero-order valence-corrected chi connectivity index (χ0v) is 11.4. The molecule has 0 bridgehead atoms. The summed E-state index contributed by atoms with van der Waals surface area (Å²) >= 11 is 5.70. The number of aryl methyl sites for hydroxylation is 1. The molecule has 7 nitrogen and oxygen atoms in total. The van der Waals surface area contributed by atoms with E-state index >= 15 is 0 Å². The highest BCUT2D eigenvalue weighted by Crippen LogP contribution is 2.25. The number of hydrogen-bond donors (Lipinski definition) is 1. The summed E-state index contributed by atoms with van der Waals surface area (Å²) in [4.78, 5) is 22.3. The summed E-state index contributed by atoms with van der Waals surface area (Å²) in [6, 6.07) is 4.41. The van der Waals surface area contributed by atoms with E-state index in [-0.39, 0.29) is 22.9 Å². The number of rotatable bonds is 4. The number of aromatic carboxylic acids is 1. The molecule has 0 unspecified atom stereocenters. The number of benzene rings is 1. The second-order valence-corrected chi connectivity index (χ2v) is 4.10. The molecule has 2 aromatic rings. The fraction of sp³-hybridized carbons (Fsp3) is 0.167. The Labute approximate surface area is 119 Å². The molecule has 1 heterocycles. The lowest BCUT2D eigenvalue weighted by atomic mass is 10.1. The molecule has 8 heteroatoms. The van der Waals surface area contributed by atoms with Crippen molar-refractivity contribution in [3.8, 4) is 17.8 Å². The van der Waals surface area contributed by atoms with Crippen LogP contribution in [0.4, 0.5) is 0 Å². The molecule has 0 radical (unpaired) electrons. The third-order valence-electron chi connectivity index (χ3n) is 2.39. The predicted molar refractivity (Wildman–Crippen MR) is 69.6 cm³/mol. The van der Waals surface area contributed by atoms with Crippen molar-refractivity contribution in [2.45, 2.75) is 6.92 Å². The first-order chi connectivity index (χ1) is 9.49. The molecule has 0 aliphatic rings. The van der Waals surface area contributed by atoms with Crippen LogP contribution in [0.25, 0.3) is 0 Å².